The lowest BCUT2D eigenvalue weighted by Crippen LogP contribution is -2.36. The average molecular weight is 264 g/mol. The van der Waals surface area contributed by atoms with Gasteiger partial charge in [0.05, 0.1) is 5.92 Å². The van der Waals surface area contributed by atoms with Gasteiger partial charge in [-0.05, 0) is 25.0 Å². The van der Waals surface area contributed by atoms with Crippen molar-refractivity contribution in [2.45, 2.75) is 12.8 Å². The summed E-state index contributed by atoms with van der Waals surface area (Å²) in [6, 6.07) is 4.94. The van der Waals surface area contributed by atoms with E-state index in [4.69, 9.17) is 9.52 Å². The van der Waals surface area contributed by atoms with Gasteiger partial charge in [0, 0.05) is 13.1 Å². The number of anilines is 1. The predicted octanol–water partition coefficient (Wildman–Crippen LogP) is 2.27. The van der Waals surface area contributed by atoms with Crippen molar-refractivity contribution in [2.24, 2.45) is 5.92 Å². The summed E-state index contributed by atoms with van der Waals surface area (Å²) in [6.07, 6.45) is 1.10. The molecular weight excluding hydrogens is 251 g/mol. The molecule has 5 nitrogen and oxygen atoms in total. The first-order chi connectivity index (χ1) is 9.15. The Kier molecular flexibility index (Phi) is 2.85. The summed E-state index contributed by atoms with van der Waals surface area (Å²) in [5.41, 5.74) is 0.633. The molecule has 6 heteroatoms. The van der Waals surface area contributed by atoms with Crippen molar-refractivity contribution >= 4 is 23.1 Å². The lowest BCUT2D eigenvalue weighted by atomic mass is 9.97. The molecule has 0 aliphatic carbocycles. The fourth-order valence-corrected chi connectivity index (χ4v) is 2.36. The van der Waals surface area contributed by atoms with Gasteiger partial charge in [0.15, 0.2) is 11.4 Å². The molecule has 1 N–H and O–H groups in total. The van der Waals surface area contributed by atoms with E-state index in [0.717, 1.165) is 0 Å². The standard InChI is InChI=1S/C13H13FN2O3/c14-9-2-1-3-10-11(9)15-13(19-10)16-6-4-8(5-7-16)12(17)18/h1-3,8H,4-7H2,(H,17,18). The van der Waals surface area contributed by atoms with Gasteiger partial charge in [0.2, 0.25) is 0 Å². The maximum Gasteiger partial charge on any atom is 0.306 e. The van der Waals surface area contributed by atoms with Crippen LogP contribution in [0.4, 0.5) is 10.4 Å². The van der Waals surface area contributed by atoms with Gasteiger partial charge in [0.1, 0.15) is 5.52 Å². The van der Waals surface area contributed by atoms with Crippen LogP contribution in [-0.4, -0.2) is 29.1 Å². The van der Waals surface area contributed by atoms with E-state index in [1.54, 1.807) is 12.1 Å². The van der Waals surface area contributed by atoms with E-state index in [9.17, 15) is 9.18 Å². The van der Waals surface area contributed by atoms with Crippen molar-refractivity contribution in [3.8, 4) is 0 Å². The number of aromatic nitrogens is 1. The predicted molar refractivity (Wildman–Crippen MR) is 66.5 cm³/mol. The second kappa shape index (κ2) is 4.53. The largest absolute Gasteiger partial charge is 0.481 e. The lowest BCUT2D eigenvalue weighted by Gasteiger charge is -2.28. The smallest absolute Gasteiger partial charge is 0.306 e. The van der Waals surface area contributed by atoms with E-state index in [1.165, 1.54) is 6.07 Å². The van der Waals surface area contributed by atoms with Gasteiger partial charge in [0.25, 0.3) is 6.01 Å². The number of para-hydroxylation sites is 1. The quantitative estimate of drug-likeness (QED) is 0.901. The van der Waals surface area contributed by atoms with Crippen molar-refractivity contribution in [3.05, 3.63) is 24.0 Å². The second-order valence-electron chi connectivity index (χ2n) is 4.68. The molecule has 1 aromatic heterocycles. The molecule has 0 radical (unpaired) electrons. The molecule has 0 bridgehead atoms. The molecule has 1 fully saturated rings. The zero-order chi connectivity index (χ0) is 13.4. The fraction of sp³-hybridized carbons (Fsp3) is 0.385. The molecule has 1 aliphatic heterocycles. The van der Waals surface area contributed by atoms with Crippen molar-refractivity contribution < 1.29 is 18.7 Å². The third-order valence-electron chi connectivity index (χ3n) is 3.47. The van der Waals surface area contributed by atoms with Crippen molar-refractivity contribution in [3.63, 3.8) is 0 Å². The van der Waals surface area contributed by atoms with Crippen molar-refractivity contribution in [1.29, 1.82) is 0 Å². The molecule has 19 heavy (non-hydrogen) atoms. The topological polar surface area (TPSA) is 66.6 Å². The van der Waals surface area contributed by atoms with Gasteiger partial charge in [-0.25, -0.2) is 4.39 Å². The Balaban J connectivity index is 1.82. The zero-order valence-corrected chi connectivity index (χ0v) is 10.2. The molecule has 2 aromatic rings. The Hall–Kier alpha value is -2.11. The monoisotopic (exact) mass is 264 g/mol. The van der Waals surface area contributed by atoms with Crippen LogP contribution in [0.3, 0.4) is 0 Å². The molecule has 1 aromatic carbocycles. The summed E-state index contributed by atoms with van der Waals surface area (Å²) in [5, 5.41) is 8.94. The third-order valence-corrected chi connectivity index (χ3v) is 3.47. The Morgan fingerprint density at radius 3 is 2.79 bits per heavy atom. The molecular formula is C13H13FN2O3. The third kappa shape index (κ3) is 2.14. The Morgan fingerprint density at radius 2 is 2.16 bits per heavy atom. The van der Waals surface area contributed by atoms with Gasteiger partial charge in [-0.3, -0.25) is 4.79 Å². The van der Waals surface area contributed by atoms with Crippen LogP contribution in [0.2, 0.25) is 0 Å². The van der Waals surface area contributed by atoms with Gasteiger partial charge < -0.3 is 14.4 Å². The van der Waals surface area contributed by atoms with Crippen molar-refractivity contribution in [2.75, 3.05) is 18.0 Å². The highest BCUT2D eigenvalue weighted by atomic mass is 19.1. The Morgan fingerprint density at radius 1 is 1.42 bits per heavy atom. The number of aliphatic carboxylic acids is 1. The second-order valence-corrected chi connectivity index (χ2v) is 4.68. The zero-order valence-electron chi connectivity index (χ0n) is 10.2. The van der Waals surface area contributed by atoms with Crippen LogP contribution in [0, 0.1) is 11.7 Å². The van der Waals surface area contributed by atoms with Crippen LogP contribution in [0.5, 0.6) is 0 Å². The summed E-state index contributed by atoms with van der Waals surface area (Å²) in [5.74, 6) is -1.48. The lowest BCUT2D eigenvalue weighted by molar-refractivity contribution is -0.142. The van der Waals surface area contributed by atoms with Gasteiger partial charge in [-0.1, -0.05) is 6.07 Å². The molecule has 0 spiro atoms. The van der Waals surface area contributed by atoms with Crippen LogP contribution >= 0.6 is 0 Å². The summed E-state index contributed by atoms with van der Waals surface area (Å²) < 4.78 is 19.0. The van der Waals surface area contributed by atoms with E-state index in [-0.39, 0.29) is 11.4 Å². The van der Waals surface area contributed by atoms with E-state index >= 15 is 0 Å². The number of rotatable bonds is 2. The van der Waals surface area contributed by atoms with Gasteiger partial charge in [-0.2, -0.15) is 4.98 Å². The first-order valence-electron chi connectivity index (χ1n) is 6.18. The van der Waals surface area contributed by atoms with Crippen LogP contribution in [0.25, 0.3) is 11.1 Å². The number of hydrogen-bond donors (Lipinski definition) is 1. The summed E-state index contributed by atoms with van der Waals surface area (Å²) in [7, 11) is 0. The molecule has 3 rings (SSSR count). The number of benzene rings is 1. The maximum absolute atomic E-state index is 13.5. The maximum atomic E-state index is 13.5. The summed E-state index contributed by atoms with van der Waals surface area (Å²) in [4.78, 5) is 16.9. The number of halogens is 1. The number of fused-ring (bicyclic) bond motifs is 1. The molecule has 1 aliphatic rings. The fourth-order valence-electron chi connectivity index (χ4n) is 2.36. The highest BCUT2D eigenvalue weighted by molar-refractivity contribution is 5.75. The van der Waals surface area contributed by atoms with E-state index in [2.05, 4.69) is 4.98 Å². The number of hydrogen-bond acceptors (Lipinski definition) is 4. The normalized spacial score (nSPS) is 17.0. The Bertz CT molecular complexity index is 617. The molecule has 1 saturated heterocycles. The van der Waals surface area contributed by atoms with Crippen molar-refractivity contribution in [1.82, 2.24) is 4.98 Å². The van der Waals surface area contributed by atoms with Crippen LogP contribution in [0.15, 0.2) is 22.6 Å². The minimum atomic E-state index is -0.761. The molecule has 0 saturated carbocycles. The molecule has 100 valence electrons. The number of carboxylic acid groups (broad SMARTS) is 1. The molecule has 0 atom stereocenters. The van der Waals surface area contributed by atoms with Crippen LogP contribution < -0.4 is 4.90 Å². The number of carboxylic acids is 1. The average Bonchev–Trinajstić information content (AvgIpc) is 2.84. The van der Waals surface area contributed by atoms with Gasteiger partial charge in [-0.15, -0.1) is 0 Å². The van der Waals surface area contributed by atoms with Gasteiger partial charge >= 0.3 is 5.97 Å². The highest BCUT2D eigenvalue weighted by Gasteiger charge is 2.27. The summed E-state index contributed by atoms with van der Waals surface area (Å²) in [6.45, 7) is 1.12. The van der Waals surface area contributed by atoms with E-state index in [1.807, 2.05) is 4.90 Å². The first kappa shape index (κ1) is 12.0. The minimum absolute atomic E-state index is 0.220. The minimum Gasteiger partial charge on any atom is -0.481 e. The molecule has 0 unspecified atom stereocenters. The molecule has 2 heterocycles. The number of carbonyl (C=O) groups is 1. The van der Waals surface area contributed by atoms with E-state index < -0.39 is 11.8 Å². The number of oxazole rings is 1. The first-order valence-corrected chi connectivity index (χ1v) is 6.18. The van der Waals surface area contributed by atoms with Crippen LogP contribution in [0.1, 0.15) is 12.8 Å². The summed E-state index contributed by atoms with van der Waals surface area (Å²) >= 11 is 0. The SMILES string of the molecule is O=C(O)C1CCN(c2nc3c(F)cccc3o2)CC1. The van der Waals surface area contributed by atoms with E-state index in [0.29, 0.717) is 37.5 Å². The molecule has 0 amide bonds. The number of piperidine rings is 1. The Labute approximate surface area is 108 Å². The van der Waals surface area contributed by atoms with Crippen LogP contribution in [-0.2, 0) is 4.79 Å². The number of nitrogens with zero attached hydrogens (tertiary/aromatic N) is 2. The highest BCUT2D eigenvalue weighted by Crippen LogP contribution is 2.27.